The number of halogens is 1. The molecule has 1 atom stereocenters. The summed E-state index contributed by atoms with van der Waals surface area (Å²) in [6, 6.07) is 28.1. The third-order valence-corrected chi connectivity index (χ3v) is 7.99. The maximum atomic E-state index is 11.6. The number of hydrogen-bond donors (Lipinski definition) is 0. The van der Waals surface area contributed by atoms with Crippen LogP contribution in [-0.4, -0.2) is 26.2 Å². The largest absolute Gasteiger partial charge is 0.488 e. The van der Waals surface area contributed by atoms with Crippen molar-refractivity contribution in [3.05, 3.63) is 122 Å². The van der Waals surface area contributed by atoms with E-state index in [0.717, 1.165) is 38.1 Å². The quantitative estimate of drug-likeness (QED) is 0.101. The Bertz CT molecular complexity index is 1600. The number of thioether (sulfide) groups is 1. The molecule has 5 rings (SSSR count). The first-order chi connectivity index (χ1) is 18.4. The number of rotatable bonds is 9. The monoisotopic (exact) mass is 588 g/mol. The second-order valence-corrected chi connectivity index (χ2v) is 11.0. The Kier molecular flexibility index (Phi) is 7.76. The fraction of sp³-hybridized carbons (Fsp3) is 0.172. The van der Waals surface area contributed by atoms with Gasteiger partial charge in [-0.3, -0.25) is 14.7 Å². The summed E-state index contributed by atoms with van der Waals surface area (Å²) in [5.41, 5.74) is 3.92. The van der Waals surface area contributed by atoms with Gasteiger partial charge in [0, 0.05) is 10.6 Å². The molecule has 0 fully saturated rings. The van der Waals surface area contributed by atoms with Gasteiger partial charge in [-0.05, 0) is 82.0 Å². The van der Waals surface area contributed by atoms with Gasteiger partial charge in [0.1, 0.15) is 23.4 Å². The Balaban J connectivity index is 1.36. The van der Waals surface area contributed by atoms with Gasteiger partial charge in [-0.1, -0.05) is 71.9 Å². The highest BCUT2D eigenvalue weighted by atomic mass is 79.9. The minimum absolute atomic E-state index is 0.256. The zero-order chi connectivity index (χ0) is 26.6. The first kappa shape index (κ1) is 25.9. The van der Waals surface area contributed by atoms with Crippen molar-refractivity contribution in [3.8, 4) is 11.4 Å². The molecule has 0 N–H and O–H groups in total. The fourth-order valence-corrected chi connectivity index (χ4v) is 5.88. The van der Waals surface area contributed by atoms with E-state index in [1.54, 1.807) is 0 Å². The fourth-order valence-electron chi connectivity index (χ4n) is 4.21. The van der Waals surface area contributed by atoms with Gasteiger partial charge in [0.15, 0.2) is 5.16 Å². The van der Waals surface area contributed by atoms with Crippen LogP contribution in [0.3, 0.4) is 0 Å². The van der Waals surface area contributed by atoms with Gasteiger partial charge in [0.05, 0.1) is 4.47 Å². The first-order valence-corrected chi connectivity index (χ1v) is 13.7. The molecule has 9 heteroatoms. The Morgan fingerprint density at radius 1 is 0.974 bits per heavy atom. The maximum Gasteiger partial charge on any atom is 0.220 e. The van der Waals surface area contributed by atoms with E-state index in [1.807, 2.05) is 73.0 Å². The molecular formula is C29H25BrN4O3S. The van der Waals surface area contributed by atoms with E-state index in [4.69, 9.17) is 4.74 Å². The number of nitro groups is 1. The third-order valence-electron chi connectivity index (χ3n) is 6.19. The lowest BCUT2D eigenvalue weighted by molar-refractivity contribution is -0.479. The number of ether oxygens (including phenoxy) is 1. The zero-order valence-corrected chi connectivity index (χ0v) is 23.3. The lowest BCUT2D eigenvalue weighted by Gasteiger charge is -2.16. The van der Waals surface area contributed by atoms with E-state index < -0.39 is 5.25 Å². The number of aromatic nitrogens is 3. The summed E-state index contributed by atoms with van der Waals surface area (Å²) in [4.78, 5) is 11.3. The molecule has 38 heavy (non-hydrogen) atoms. The van der Waals surface area contributed by atoms with Gasteiger partial charge in [0.25, 0.3) is 0 Å². The van der Waals surface area contributed by atoms with Crippen LogP contribution in [0.1, 0.15) is 27.8 Å². The molecule has 4 aromatic carbocycles. The average Bonchev–Trinajstić information content (AvgIpc) is 3.27. The number of nitrogens with zero attached hydrogens (tertiary/aromatic N) is 4. The molecule has 0 bridgehead atoms. The van der Waals surface area contributed by atoms with Crippen LogP contribution in [0.25, 0.3) is 16.5 Å². The van der Waals surface area contributed by atoms with E-state index in [2.05, 4.69) is 56.5 Å². The van der Waals surface area contributed by atoms with E-state index in [-0.39, 0.29) is 11.5 Å². The minimum Gasteiger partial charge on any atom is -0.488 e. The van der Waals surface area contributed by atoms with Crippen LogP contribution in [0.5, 0.6) is 5.75 Å². The minimum atomic E-state index is -0.469. The summed E-state index contributed by atoms with van der Waals surface area (Å²) < 4.78 is 8.74. The van der Waals surface area contributed by atoms with Crippen molar-refractivity contribution in [1.29, 1.82) is 0 Å². The molecule has 0 amide bonds. The predicted molar refractivity (Wildman–Crippen MR) is 154 cm³/mol. The lowest BCUT2D eigenvalue weighted by Crippen LogP contribution is -2.11. The number of hydrogen-bond acceptors (Lipinski definition) is 6. The predicted octanol–water partition coefficient (Wildman–Crippen LogP) is 7.49. The van der Waals surface area contributed by atoms with Crippen molar-refractivity contribution >= 4 is 38.5 Å². The Labute approximate surface area is 233 Å². The SMILES string of the molecule is Cc1ccc(-n2c(C)nnc2S[C@H](C[N+](=O)[O-])c2ccc(OCc3ccc4ccccc4c3)c(Br)c2)cc1. The zero-order valence-electron chi connectivity index (χ0n) is 20.9. The highest BCUT2D eigenvalue weighted by Gasteiger charge is 2.24. The molecule has 0 aliphatic carbocycles. The summed E-state index contributed by atoms with van der Waals surface area (Å²) in [5.74, 6) is 1.39. The first-order valence-electron chi connectivity index (χ1n) is 12.0. The van der Waals surface area contributed by atoms with Gasteiger partial charge >= 0.3 is 0 Å². The second kappa shape index (κ2) is 11.4. The van der Waals surface area contributed by atoms with E-state index in [0.29, 0.717) is 17.5 Å². The molecule has 0 saturated carbocycles. The molecule has 0 aliphatic rings. The molecule has 0 spiro atoms. The van der Waals surface area contributed by atoms with E-state index in [1.165, 1.54) is 17.1 Å². The van der Waals surface area contributed by atoms with Crippen molar-refractivity contribution in [3.63, 3.8) is 0 Å². The Morgan fingerprint density at radius 3 is 2.47 bits per heavy atom. The van der Waals surface area contributed by atoms with Crippen molar-refractivity contribution in [1.82, 2.24) is 14.8 Å². The molecule has 0 unspecified atom stereocenters. The highest BCUT2D eigenvalue weighted by Crippen LogP contribution is 2.39. The van der Waals surface area contributed by atoms with E-state index >= 15 is 0 Å². The molecule has 7 nitrogen and oxygen atoms in total. The van der Waals surface area contributed by atoms with Crippen LogP contribution in [0.4, 0.5) is 0 Å². The van der Waals surface area contributed by atoms with Crippen molar-refractivity contribution < 1.29 is 9.66 Å². The number of aryl methyl sites for hydroxylation is 2. The standard InChI is InChI=1S/C29H25BrN4O3S/c1-19-7-12-25(13-8-19)34-20(2)31-32-29(34)38-28(17-33(35)36)24-11-14-27(26(30)16-24)37-18-21-9-10-22-5-3-4-6-23(22)15-21/h3-16,28H,17-18H2,1-2H3/t28-/m1/s1. The van der Waals surface area contributed by atoms with Gasteiger partial charge in [-0.15, -0.1) is 10.2 Å². The summed E-state index contributed by atoms with van der Waals surface area (Å²) in [7, 11) is 0. The number of benzene rings is 4. The van der Waals surface area contributed by atoms with Gasteiger partial charge < -0.3 is 4.74 Å². The lowest BCUT2D eigenvalue weighted by atomic mass is 10.1. The highest BCUT2D eigenvalue weighted by molar-refractivity contribution is 9.10. The van der Waals surface area contributed by atoms with Crippen molar-refractivity contribution in [2.75, 3.05) is 6.54 Å². The summed E-state index contributed by atoms with van der Waals surface area (Å²) in [6.45, 7) is 4.05. The smallest absolute Gasteiger partial charge is 0.220 e. The van der Waals surface area contributed by atoms with Gasteiger partial charge in [-0.2, -0.15) is 0 Å². The second-order valence-electron chi connectivity index (χ2n) is 8.98. The Morgan fingerprint density at radius 2 is 1.74 bits per heavy atom. The number of fused-ring (bicyclic) bond motifs is 1. The normalized spacial score (nSPS) is 12.0. The molecule has 192 valence electrons. The Hall–Kier alpha value is -3.69. The van der Waals surface area contributed by atoms with Crippen LogP contribution in [0.2, 0.25) is 0 Å². The molecule has 0 radical (unpaired) electrons. The summed E-state index contributed by atoms with van der Waals surface area (Å²) >= 11 is 4.93. The van der Waals surface area contributed by atoms with Crippen LogP contribution in [0.15, 0.2) is 94.6 Å². The molecule has 1 heterocycles. The van der Waals surface area contributed by atoms with Gasteiger partial charge in [0.2, 0.25) is 6.54 Å². The third kappa shape index (κ3) is 5.89. The molecular weight excluding hydrogens is 564 g/mol. The van der Waals surface area contributed by atoms with Crippen molar-refractivity contribution in [2.24, 2.45) is 0 Å². The van der Waals surface area contributed by atoms with Crippen LogP contribution < -0.4 is 4.74 Å². The molecule has 0 saturated heterocycles. The van der Waals surface area contributed by atoms with Crippen molar-refractivity contribution in [2.45, 2.75) is 30.9 Å². The van der Waals surface area contributed by atoms with Crippen LogP contribution in [-0.2, 0) is 6.61 Å². The topological polar surface area (TPSA) is 83.1 Å². The summed E-state index contributed by atoms with van der Waals surface area (Å²) in [5, 5.41) is 22.6. The molecule has 1 aromatic heterocycles. The van der Waals surface area contributed by atoms with E-state index in [9.17, 15) is 10.1 Å². The van der Waals surface area contributed by atoms with Crippen LogP contribution >= 0.6 is 27.7 Å². The molecule has 5 aromatic rings. The molecule has 0 aliphatic heterocycles. The van der Waals surface area contributed by atoms with Crippen LogP contribution in [0, 0.1) is 24.0 Å². The van der Waals surface area contributed by atoms with Gasteiger partial charge in [-0.25, -0.2) is 0 Å². The summed E-state index contributed by atoms with van der Waals surface area (Å²) in [6.07, 6.45) is 0. The maximum absolute atomic E-state index is 11.6. The average molecular weight is 590 g/mol.